The lowest BCUT2D eigenvalue weighted by Gasteiger charge is -2.32. The van der Waals surface area contributed by atoms with Gasteiger partial charge in [-0.3, -0.25) is 9.59 Å². The first-order chi connectivity index (χ1) is 11.1. The zero-order valence-electron chi connectivity index (χ0n) is 13.1. The molecule has 7 heteroatoms. The Morgan fingerprint density at radius 1 is 1.39 bits per heavy atom. The molecule has 1 aromatic carbocycles. The van der Waals surface area contributed by atoms with Crippen LogP contribution in [-0.2, 0) is 14.3 Å². The lowest BCUT2D eigenvalue weighted by atomic mass is 10.2. The van der Waals surface area contributed by atoms with Crippen molar-refractivity contribution in [3.05, 3.63) is 24.3 Å². The van der Waals surface area contributed by atoms with E-state index in [0.29, 0.717) is 31.9 Å². The van der Waals surface area contributed by atoms with Crippen molar-refractivity contribution in [1.29, 1.82) is 0 Å². The molecule has 2 rings (SSSR count). The first-order valence-electron chi connectivity index (χ1n) is 7.46. The summed E-state index contributed by atoms with van der Waals surface area (Å²) in [6.07, 6.45) is -0.0413. The van der Waals surface area contributed by atoms with Crippen LogP contribution in [0.2, 0.25) is 0 Å². The molecule has 0 aromatic heterocycles. The highest BCUT2D eigenvalue weighted by Gasteiger charge is 2.25. The molecule has 0 radical (unpaired) electrons. The number of hydrogen-bond donors (Lipinski definition) is 1. The molecule has 1 amide bonds. The third-order valence-corrected chi connectivity index (χ3v) is 4.55. The number of thioether (sulfide) groups is 1. The number of rotatable bonds is 7. The molecule has 0 spiro atoms. The van der Waals surface area contributed by atoms with Gasteiger partial charge >= 0.3 is 5.97 Å². The van der Waals surface area contributed by atoms with Gasteiger partial charge in [0.15, 0.2) is 0 Å². The number of aliphatic carboxylic acids is 1. The van der Waals surface area contributed by atoms with Crippen LogP contribution >= 0.6 is 11.8 Å². The summed E-state index contributed by atoms with van der Waals surface area (Å²) in [6.45, 7) is 1.29. The average molecular weight is 339 g/mol. The van der Waals surface area contributed by atoms with E-state index in [1.165, 1.54) is 0 Å². The Labute approximate surface area is 139 Å². The second-order valence-electron chi connectivity index (χ2n) is 5.20. The SMILES string of the molecule is COc1ccc(SCCC(=O)N2CCOC(CC(=O)O)C2)cc1. The number of carboxylic acid groups (broad SMARTS) is 1. The van der Waals surface area contributed by atoms with E-state index in [2.05, 4.69) is 0 Å². The van der Waals surface area contributed by atoms with Gasteiger partial charge in [0.05, 0.1) is 26.2 Å². The molecule has 126 valence electrons. The number of amides is 1. The molecule has 0 saturated carbocycles. The van der Waals surface area contributed by atoms with Gasteiger partial charge in [-0.2, -0.15) is 0 Å². The van der Waals surface area contributed by atoms with Crippen LogP contribution in [0.3, 0.4) is 0 Å². The topological polar surface area (TPSA) is 76.1 Å². The lowest BCUT2D eigenvalue weighted by molar-refractivity contribution is -0.147. The average Bonchev–Trinajstić information content (AvgIpc) is 2.55. The van der Waals surface area contributed by atoms with E-state index < -0.39 is 12.1 Å². The second kappa shape index (κ2) is 8.79. The van der Waals surface area contributed by atoms with Crippen molar-refractivity contribution >= 4 is 23.6 Å². The van der Waals surface area contributed by atoms with E-state index in [0.717, 1.165) is 10.6 Å². The predicted octanol–water partition coefficient (Wildman–Crippen LogP) is 1.88. The summed E-state index contributed by atoms with van der Waals surface area (Å²) in [5.74, 6) is 0.638. The highest BCUT2D eigenvalue weighted by molar-refractivity contribution is 7.99. The van der Waals surface area contributed by atoms with E-state index in [9.17, 15) is 9.59 Å². The van der Waals surface area contributed by atoms with Crippen LogP contribution in [-0.4, -0.2) is 60.5 Å². The van der Waals surface area contributed by atoms with Crippen LogP contribution in [0.4, 0.5) is 0 Å². The molecule has 1 atom stereocenters. The quantitative estimate of drug-likeness (QED) is 0.765. The third kappa shape index (κ3) is 5.76. The monoisotopic (exact) mass is 339 g/mol. The fourth-order valence-corrected chi connectivity index (χ4v) is 3.19. The van der Waals surface area contributed by atoms with Crippen LogP contribution < -0.4 is 4.74 Å². The Morgan fingerprint density at radius 3 is 2.78 bits per heavy atom. The van der Waals surface area contributed by atoms with Crippen LogP contribution in [0, 0.1) is 0 Å². The number of morpholine rings is 1. The summed E-state index contributed by atoms with van der Waals surface area (Å²) in [6, 6.07) is 7.71. The number of benzene rings is 1. The number of methoxy groups -OCH3 is 1. The van der Waals surface area contributed by atoms with Gasteiger partial charge in [0.2, 0.25) is 5.91 Å². The minimum atomic E-state index is -0.903. The number of carbonyl (C=O) groups is 2. The van der Waals surface area contributed by atoms with Gasteiger partial charge in [-0.05, 0) is 24.3 Å². The molecule has 1 unspecified atom stereocenters. The van der Waals surface area contributed by atoms with Crippen molar-refractivity contribution in [1.82, 2.24) is 4.90 Å². The number of ether oxygens (including phenoxy) is 2. The summed E-state index contributed by atoms with van der Waals surface area (Å²) in [5, 5.41) is 8.80. The van der Waals surface area contributed by atoms with Gasteiger partial charge in [-0.25, -0.2) is 0 Å². The van der Waals surface area contributed by atoms with Crippen molar-refractivity contribution in [3.8, 4) is 5.75 Å². The maximum Gasteiger partial charge on any atom is 0.306 e. The lowest BCUT2D eigenvalue weighted by Crippen LogP contribution is -2.46. The van der Waals surface area contributed by atoms with Crippen LogP contribution in [0.25, 0.3) is 0 Å². The van der Waals surface area contributed by atoms with Gasteiger partial charge in [-0.15, -0.1) is 11.8 Å². The molecule has 1 N–H and O–H groups in total. The second-order valence-corrected chi connectivity index (χ2v) is 6.37. The van der Waals surface area contributed by atoms with Crippen molar-refractivity contribution < 1.29 is 24.2 Å². The first kappa shape index (κ1) is 17.6. The maximum absolute atomic E-state index is 12.2. The van der Waals surface area contributed by atoms with Crippen LogP contribution in [0.5, 0.6) is 5.75 Å². The molecule has 1 aliphatic heterocycles. The highest BCUT2D eigenvalue weighted by Crippen LogP contribution is 2.22. The van der Waals surface area contributed by atoms with E-state index in [1.807, 2.05) is 24.3 Å². The van der Waals surface area contributed by atoms with E-state index in [1.54, 1.807) is 23.8 Å². The summed E-state index contributed by atoms with van der Waals surface area (Å²) in [5.41, 5.74) is 0. The molecule has 1 fully saturated rings. The fraction of sp³-hybridized carbons (Fsp3) is 0.500. The minimum absolute atomic E-state index is 0.0460. The number of carboxylic acids is 1. The van der Waals surface area contributed by atoms with Crippen LogP contribution in [0.15, 0.2) is 29.2 Å². The Kier molecular flexibility index (Phi) is 6.73. The largest absolute Gasteiger partial charge is 0.497 e. The molecular weight excluding hydrogens is 318 g/mol. The molecule has 1 saturated heterocycles. The maximum atomic E-state index is 12.2. The number of nitrogens with zero attached hydrogens (tertiary/aromatic N) is 1. The van der Waals surface area contributed by atoms with Crippen molar-refractivity contribution in [2.24, 2.45) is 0 Å². The standard InChI is InChI=1S/C16H21NO5S/c1-21-12-2-4-14(5-3-12)23-9-6-15(18)17-7-8-22-13(11-17)10-16(19)20/h2-5,13H,6-11H2,1H3,(H,19,20). The third-order valence-electron chi connectivity index (χ3n) is 3.54. The molecular formula is C16H21NO5S. The van der Waals surface area contributed by atoms with Gasteiger partial charge in [-0.1, -0.05) is 0 Å². The van der Waals surface area contributed by atoms with E-state index in [4.69, 9.17) is 14.6 Å². The molecule has 1 aromatic rings. The highest BCUT2D eigenvalue weighted by atomic mass is 32.2. The number of carbonyl (C=O) groups excluding carboxylic acids is 1. The normalized spacial score (nSPS) is 17.8. The van der Waals surface area contributed by atoms with Gasteiger partial charge in [0, 0.05) is 30.2 Å². The smallest absolute Gasteiger partial charge is 0.306 e. The van der Waals surface area contributed by atoms with Crippen LogP contribution in [0.1, 0.15) is 12.8 Å². The van der Waals surface area contributed by atoms with Crippen molar-refractivity contribution in [3.63, 3.8) is 0 Å². The minimum Gasteiger partial charge on any atom is -0.497 e. The van der Waals surface area contributed by atoms with Gasteiger partial charge < -0.3 is 19.5 Å². The molecule has 23 heavy (non-hydrogen) atoms. The molecule has 0 aliphatic carbocycles. The molecule has 1 heterocycles. The molecule has 6 nitrogen and oxygen atoms in total. The fourth-order valence-electron chi connectivity index (χ4n) is 2.35. The van der Waals surface area contributed by atoms with Gasteiger partial charge in [0.25, 0.3) is 0 Å². The van der Waals surface area contributed by atoms with Crippen molar-refractivity contribution in [2.45, 2.75) is 23.8 Å². The van der Waals surface area contributed by atoms with Gasteiger partial charge in [0.1, 0.15) is 5.75 Å². The Morgan fingerprint density at radius 2 is 2.13 bits per heavy atom. The summed E-state index contributed by atoms with van der Waals surface area (Å²) in [4.78, 5) is 25.7. The van der Waals surface area contributed by atoms with E-state index in [-0.39, 0.29) is 12.3 Å². The first-order valence-corrected chi connectivity index (χ1v) is 8.45. The van der Waals surface area contributed by atoms with Crippen molar-refractivity contribution in [2.75, 3.05) is 32.6 Å². The zero-order valence-corrected chi connectivity index (χ0v) is 13.9. The summed E-state index contributed by atoms with van der Waals surface area (Å²) < 4.78 is 10.5. The molecule has 1 aliphatic rings. The molecule has 0 bridgehead atoms. The van der Waals surface area contributed by atoms with E-state index >= 15 is 0 Å². The summed E-state index contributed by atoms with van der Waals surface area (Å²) >= 11 is 1.61. The zero-order chi connectivity index (χ0) is 16.7. The Hall–Kier alpha value is -1.73. The Bertz CT molecular complexity index is 534. The predicted molar refractivity (Wildman–Crippen MR) is 86.9 cm³/mol. The number of hydrogen-bond acceptors (Lipinski definition) is 5. The summed E-state index contributed by atoms with van der Waals surface area (Å²) in [7, 11) is 1.63. The Balaban J connectivity index is 1.74.